The van der Waals surface area contributed by atoms with Crippen molar-refractivity contribution in [1.82, 2.24) is 10.5 Å². The van der Waals surface area contributed by atoms with Crippen LogP contribution in [0.3, 0.4) is 0 Å². The molecule has 0 aliphatic carbocycles. The van der Waals surface area contributed by atoms with Crippen molar-refractivity contribution in [2.75, 3.05) is 0 Å². The second-order valence-corrected chi connectivity index (χ2v) is 3.31. The van der Waals surface area contributed by atoms with E-state index in [0.29, 0.717) is 0 Å². The van der Waals surface area contributed by atoms with Crippen molar-refractivity contribution in [2.45, 2.75) is 6.04 Å². The summed E-state index contributed by atoms with van der Waals surface area (Å²) in [5.74, 6) is -0.453. The van der Waals surface area contributed by atoms with Crippen molar-refractivity contribution in [3.8, 4) is 0 Å². The van der Waals surface area contributed by atoms with Gasteiger partial charge in [0.25, 0.3) is 0 Å². The number of hydrazine groups is 1. The summed E-state index contributed by atoms with van der Waals surface area (Å²) in [7, 11) is 0. The summed E-state index contributed by atoms with van der Waals surface area (Å²) in [6.45, 7) is 0. The predicted molar refractivity (Wildman–Crippen MR) is 61.0 cm³/mol. The van der Waals surface area contributed by atoms with Crippen molar-refractivity contribution in [3.05, 3.63) is 48.2 Å². The maximum Gasteiger partial charge on any atom is 0.248 e. The molecular formula is C11H12N4O. The molecule has 1 aliphatic rings. The Morgan fingerprint density at radius 3 is 2.69 bits per heavy atom. The summed E-state index contributed by atoms with van der Waals surface area (Å²) in [6, 6.07) is 8.66. The first-order valence-corrected chi connectivity index (χ1v) is 4.88. The van der Waals surface area contributed by atoms with Crippen LogP contribution in [-0.2, 0) is 4.79 Å². The molecule has 1 aliphatic heterocycles. The van der Waals surface area contributed by atoms with E-state index in [9.17, 15) is 4.79 Å². The number of nitrogens with zero attached hydrogens (tertiary/aromatic N) is 2. The van der Waals surface area contributed by atoms with Gasteiger partial charge in [0.05, 0.1) is 6.21 Å². The van der Waals surface area contributed by atoms with E-state index in [2.05, 4.69) is 10.5 Å². The van der Waals surface area contributed by atoms with E-state index in [4.69, 9.17) is 5.73 Å². The van der Waals surface area contributed by atoms with Gasteiger partial charge in [0.2, 0.25) is 5.91 Å². The molecule has 5 nitrogen and oxygen atoms in total. The lowest BCUT2D eigenvalue weighted by molar-refractivity contribution is -0.124. The zero-order valence-electron chi connectivity index (χ0n) is 8.58. The SMILES string of the molecule is NC(=O)C(c1ccccc1)N1N=CC=CN1. The summed E-state index contributed by atoms with van der Waals surface area (Å²) >= 11 is 0. The number of rotatable bonds is 3. The van der Waals surface area contributed by atoms with Gasteiger partial charge in [-0.05, 0) is 11.6 Å². The van der Waals surface area contributed by atoms with E-state index in [-0.39, 0.29) is 0 Å². The van der Waals surface area contributed by atoms with Crippen molar-refractivity contribution in [2.24, 2.45) is 10.8 Å². The summed E-state index contributed by atoms with van der Waals surface area (Å²) in [5.41, 5.74) is 9.03. The highest BCUT2D eigenvalue weighted by atomic mass is 16.1. The number of hydrazone groups is 1. The van der Waals surface area contributed by atoms with E-state index >= 15 is 0 Å². The average molecular weight is 216 g/mol. The first-order chi connectivity index (χ1) is 7.79. The molecule has 0 radical (unpaired) electrons. The standard InChI is InChI=1S/C11H12N4O/c12-11(16)10(9-5-2-1-3-6-9)15-13-7-4-8-14-15/h1-8,10,13H,(H2,12,16). The lowest BCUT2D eigenvalue weighted by atomic mass is 10.1. The van der Waals surface area contributed by atoms with E-state index in [1.165, 1.54) is 5.12 Å². The van der Waals surface area contributed by atoms with E-state index in [1.54, 1.807) is 18.5 Å². The van der Waals surface area contributed by atoms with Gasteiger partial charge in [-0.2, -0.15) is 10.2 Å². The smallest absolute Gasteiger partial charge is 0.248 e. The Balaban J connectivity index is 2.28. The Morgan fingerprint density at radius 1 is 1.38 bits per heavy atom. The number of hydrogen-bond acceptors (Lipinski definition) is 4. The molecule has 1 atom stereocenters. The number of nitrogens with two attached hydrogens (primary N) is 1. The summed E-state index contributed by atoms with van der Waals surface area (Å²) < 4.78 is 0. The third kappa shape index (κ3) is 2.03. The van der Waals surface area contributed by atoms with Crippen molar-refractivity contribution < 1.29 is 4.79 Å². The normalized spacial score (nSPS) is 15.6. The second-order valence-electron chi connectivity index (χ2n) is 3.31. The average Bonchev–Trinajstić information content (AvgIpc) is 2.31. The minimum absolute atomic E-state index is 0.453. The molecule has 0 saturated heterocycles. The van der Waals surface area contributed by atoms with Gasteiger partial charge in [-0.3, -0.25) is 10.2 Å². The Bertz CT molecular complexity index is 427. The molecule has 2 rings (SSSR count). The Labute approximate surface area is 93.2 Å². The lowest BCUT2D eigenvalue weighted by Gasteiger charge is -2.27. The monoisotopic (exact) mass is 216 g/mol. The fourth-order valence-electron chi connectivity index (χ4n) is 1.51. The van der Waals surface area contributed by atoms with Crippen LogP contribution in [0, 0.1) is 0 Å². The molecule has 0 spiro atoms. The van der Waals surface area contributed by atoms with Crippen LogP contribution in [0.2, 0.25) is 0 Å². The van der Waals surface area contributed by atoms with Crippen LogP contribution < -0.4 is 11.2 Å². The molecule has 0 saturated carbocycles. The Hall–Kier alpha value is -2.30. The zero-order chi connectivity index (χ0) is 11.4. The van der Waals surface area contributed by atoms with Crippen LogP contribution >= 0.6 is 0 Å². The Morgan fingerprint density at radius 2 is 2.12 bits per heavy atom. The molecule has 0 fully saturated rings. The quantitative estimate of drug-likeness (QED) is 0.774. The molecule has 0 aromatic heterocycles. The van der Waals surface area contributed by atoms with Crippen LogP contribution in [0.5, 0.6) is 0 Å². The molecule has 3 N–H and O–H groups in total. The molecule has 0 bridgehead atoms. The van der Waals surface area contributed by atoms with E-state index in [0.717, 1.165) is 5.56 Å². The molecule has 1 aromatic rings. The van der Waals surface area contributed by atoms with Crippen LogP contribution in [0.4, 0.5) is 0 Å². The highest BCUT2D eigenvalue weighted by Crippen LogP contribution is 2.19. The zero-order valence-corrected chi connectivity index (χ0v) is 8.58. The number of carbonyl (C=O) groups excluding carboxylic acids is 1. The first-order valence-electron chi connectivity index (χ1n) is 4.88. The van der Waals surface area contributed by atoms with Gasteiger partial charge < -0.3 is 5.73 Å². The minimum Gasteiger partial charge on any atom is -0.367 e. The number of allylic oxidation sites excluding steroid dienone is 1. The fourth-order valence-corrected chi connectivity index (χ4v) is 1.51. The number of carbonyl (C=O) groups is 1. The Kier molecular flexibility index (Phi) is 2.86. The first kappa shape index (κ1) is 10.2. The van der Waals surface area contributed by atoms with Crippen molar-refractivity contribution in [3.63, 3.8) is 0 Å². The number of hydrogen-bond donors (Lipinski definition) is 2. The number of amides is 1. The van der Waals surface area contributed by atoms with Crippen LogP contribution in [-0.4, -0.2) is 17.2 Å². The number of benzene rings is 1. The minimum atomic E-state index is -0.609. The fraction of sp³-hybridized carbons (Fsp3) is 0.0909. The topological polar surface area (TPSA) is 70.7 Å². The largest absolute Gasteiger partial charge is 0.367 e. The van der Waals surface area contributed by atoms with Gasteiger partial charge in [-0.25, -0.2) is 0 Å². The molecule has 16 heavy (non-hydrogen) atoms. The number of nitrogens with one attached hydrogen (secondary N) is 1. The third-order valence-corrected chi connectivity index (χ3v) is 2.21. The molecule has 5 heteroatoms. The lowest BCUT2D eigenvalue weighted by Crippen LogP contribution is -2.41. The molecule has 1 aromatic carbocycles. The molecular weight excluding hydrogens is 204 g/mol. The summed E-state index contributed by atoms with van der Waals surface area (Å²) in [6.07, 6.45) is 5.01. The maximum atomic E-state index is 11.4. The summed E-state index contributed by atoms with van der Waals surface area (Å²) in [4.78, 5) is 11.4. The highest BCUT2D eigenvalue weighted by Gasteiger charge is 2.24. The van der Waals surface area contributed by atoms with Gasteiger partial charge in [0.1, 0.15) is 0 Å². The maximum absolute atomic E-state index is 11.4. The van der Waals surface area contributed by atoms with Crippen LogP contribution in [0.25, 0.3) is 0 Å². The predicted octanol–water partition coefficient (Wildman–Crippen LogP) is 0.533. The van der Waals surface area contributed by atoms with Gasteiger partial charge in [0, 0.05) is 6.20 Å². The van der Waals surface area contributed by atoms with E-state index < -0.39 is 11.9 Å². The van der Waals surface area contributed by atoms with Gasteiger partial charge in [-0.1, -0.05) is 30.3 Å². The van der Waals surface area contributed by atoms with Gasteiger partial charge in [0.15, 0.2) is 6.04 Å². The molecule has 1 heterocycles. The number of primary amides is 1. The summed E-state index contributed by atoms with van der Waals surface area (Å²) in [5, 5.41) is 5.47. The molecule has 1 amide bonds. The van der Waals surface area contributed by atoms with Gasteiger partial charge >= 0.3 is 0 Å². The third-order valence-electron chi connectivity index (χ3n) is 2.21. The van der Waals surface area contributed by atoms with Gasteiger partial charge in [-0.15, -0.1) is 0 Å². The van der Waals surface area contributed by atoms with Crippen LogP contribution in [0.15, 0.2) is 47.7 Å². The van der Waals surface area contributed by atoms with Crippen LogP contribution in [0.1, 0.15) is 11.6 Å². The molecule has 1 unspecified atom stereocenters. The second kappa shape index (κ2) is 4.48. The molecule has 82 valence electrons. The van der Waals surface area contributed by atoms with Crippen molar-refractivity contribution >= 4 is 12.1 Å². The van der Waals surface area contributed by atoms with E-state index in [1.807, 2.05) is 30.3 Å². The van der Waals surface area contributed by atoms with Crippen molar-refractivity contribution in [1.29, 1.82) is 0 Å². The highest BCUT2D eigenvalue weighted by molar-refractivity contribution is 5.81.